The second-order valence-corrected chi connectivity index (χ2v) is 3.27. The maximum absolute atomic E-state index is 12.3. The van der Waals surface area contributed by atoms with Gasteiger partial charge in [-0.25, -0.2) is 8.78 Å². The molecule has 5 heteroatoms. The standard InChI is InChI=1S/C7H11F2NO.ClH/c1-2-5(11)6(10)3-7(8,9)4-6;/h2-4,10H2,1H3;1H. The van der Waals surface area contributed by atoms with Gasteiger partial charge in [-0.3, -0.25) is 4.79 Å². The first-order chi connectivity index (χ1) is 4.90. The lowest BCUT2D eigenvalue weighted by molar-refractivity contribution is -0.501. The summed E-state index contributed by atoms with van der Waals surface area (Å²) in [4.78, 5) is 11.0. The molecule has 3 N–H and O–H groups in total. The zero-order valence-electron chi connectivity index (χ0n) is 6.87. The molecule has 2 nitrogen and oxygen atoms in total. The van der Waals surface area contributed by atoms with Crippen molar-refractivity contribution in [2.24, 2.45) is 0 Å². The van der Waals surface area contributed by atoms with Crippen LogP contribution < -0.4 is 18.1 Å². The van der Waals surface area contributed by atoms with E-state index in [1.165, 1.54) is 0 Å². The maximum atomic E-state index is 12.3. The molecule has 0 unspecified atom stereocenters. The van der Waals surface area contributed by atoms with Crippen LogP contribution in [-0.4, -0.2) is 17.2 Å². The molecule has 0 aromatic rings. The third-order valence-electron chi connectivity index (χ3n) is 2.11. The lowest BCUT2D eigenvalue weighted by atomic mass is 9.71. The van der Waals surface area contributed by atoms with E-state index in [1.54, 1.807) is 6.92 Å². The first kappa shape index (κ1) is 11.8. The van der Waals surface area contributed by atoms with Crippen molar-refractivity contribution in [2.75, 3.05) is 0 Å². The van der Waals surface area contributed by atoms with Crippen molar-refractivity contribution in [1.29, 1.82) is 0 Å². The van der Waals surface area contributed by atoms with Gasteiger partial charge in [0.15, 0.2) is 11.3 Å². The van der Waals surface area contributed by atoms with Crippen LogP contribution in [0.15, 0.2) is 0 Å². The highest BCUT2D eigenvalue weighted by molar-refractivity contribution is 5.87. The second-order valence-electron chi connectivity index (χ2n) is 3.27. The van der Waals surface area contributed by atoms with Crippen molar-refractivity contribution in [3.8, 4) is 0 Å². The van der Waals surface area contributed by atoms with Crippen molar-refractivity contribution in [2.45, 2.75) is 37.6 Å². The Bertz CT molecular complexity index is 188. The highest BCUT2D eigenvalue weighted by atomic mass is 35.5. The molecular formula is C7H12ClF2NO. The second kappa shape index (κ2) is 3.26. The average molecular weight is 200 g/mol. The molecule has 12 heavy (non-hydrogen) atoms. The Morgan fingerprint density at radius 1 is 1.50 bits per heavy atom. The van der Waals surface area contributed by atoms with E-state index >= 15 is 0 Å². The van der Waals surface area contributed by atoms with Crippen molar-refractivity contribution in [3.05, 3.63) is 0 Å². The van der Waals surface area contributed by atoms with Crippen LogP contribution in [0, 0.1) is 0 Å². The fourth-order valence-electron chi connectivity index (χ4n) is 1.51. The molecule has 1 fully saturated rings. The summed E-state index contributed by atoms with van der Waals surface area (Å²) in [6.45, 7) is 1.67. The van der Waals surface area contributed by atoms with E-state index in [2.05, 4.69) is 5.73 Å². The number of halogens is 3. The Hall–Kier alpha value is -0.220. The van der Waals surface area contributed by atoms with Gasteiger partial charge in [-0.05, 0) is 0 Å². The molecule has 0 amide bonds. The zero-order valence-corrected chi connectivity index (χ0v) is 7.63. The maximum Gasteiger partial charge on any atom is 0.261 e. The van der Waals surface area contributed by atoms with E-state index < -0.39 is 11.5 Å². The first-order valence-corrected chi connectivity index (χ1v) is 3.66. The topological polar surface area (TPSA) is 44.7 Å². The Balaban J connectivity index is 0.00000121. The fourth-order valence-corrected chi connectivity index (χ4v) is 1.51. The Morgan fingerprint density at radius 2 is 1.92 bits per heavy atom. The number of Topliss-reactive ketones (excluding diaryl/α,β-unsaturated/α-hetero) is 1. The molecule has 1 aliphatic rings. The van der Waals surface area contributed by atoms with Crippen LogP contribution in [0.3, 0.4) is 0 Å². The monoisotopic (exact) mass is 199 g/mol. The molecule has 0 radical (unpaired) electrons. The molecule has 0 saturated heterocycles. The number of rotatable bonds is 2. The molecule has 1 saturated carbocycles. The van der Waals surface area contributed by atoms with Gasteiger partial charge in [0.25, 0.3) is 5.92 Å². The quantitative estimate of drug-likeness (QED) is 0.520. The normalized spacial score (nSPS) is 23.7. The summed E-state index contributed by atoms with van der Waals surface area (Å²) in [6, 6.07) is 0. The van der Waals surface area contributed by atoms with Crippen LogP contribution in [0.4, 0.5) is 8.78 Å². The molecule has 1 aliphatic carbocycles. The summed E-state index contributed by atoms with van der Waals surface area (Å²) in [5.74, 6) is -2.80. The summed E-state index contributed by atoms with van der Waals surface area (Å²) in [5, 5.41) is 0. The van der Waals surface area contributed by atoms with E-state index in [9.17, 15) is 13.6 Å². The molecule has 0 aromatic heterocycles. The first-order valence-electron chi connectivity index (χ1n) is 3.66. The molecule has 0 aromatic carbocycles. The summed E-state index contributed by atoms with van der Waals surface area (Å²) < 4.78 is 24.7. The Labute approximate surface area is 75.9 Å². The van der Waals surface area contributed by atoms with Crippen molar-refractivity contribution < 1.29 is 31.7 Å². The number of hydrogen-bond acceptors (Lipinski definition) is 1. The van der Waals surface area contributed by atoms with Gasteiger partial charge in [-0.2, -0.15) is 0 Å². The minimum absolute atomic E-state index is 0. The van der Waals surface area contributed by atoms with E-state index in [-0.39, 0.29) is 31.0 Å². The summed E-state index contributed by atoms with van der Waals surface area (Å²) in [5.41, 5.74) is 2.54. The summed E-state index contributed by atoms with van der Waals surface area (Å²) in [6.07, 6.45) is -0.432. The lowest BCUT2D eigenvalue weighted by Crippen LogP contribution is -3.00. The van der Waals surface area contributed by atoms with Crippen LogP contribution in [-0.2, 0) is 4.79 Å². The molecule has 0 bridgehead atoms. The van der Waals surface area contributed by atoms with Gasteiger partial charge in [-0.15, -0.1) is 0 Å². The Kier molecular flexibility index (Phi) is 3.20. The smallest absolute Gasteiger partial charge is 0.261 e. The lowest BCUT2D eigenvalue weighted by Gasteiger charge is -2.39. The molecule has 0 atom stereocenters. The Morgan fingerprint density at radius 3 is 2.17 bits per heavy atom. The predicted molar refractivity (Wildman–Crippen MR) is 35.1 cm³/mol. The van der Waals surface area contributed by atoms with Gasteiger partial charge in [0.1, 0.15) is 0 Å². The summed E-state index contributed by atoms with van der Waals surface area (Å²) in [7, 11) is 0. The van der Waals surface area contributed by atoms with Gasteiger partial charge in [0.2, 0.25) is 0 Å². The van der Waals surface area contributed by atoms with Crippen LogP contribution in [0.25, 0.3) is 0 Å². The number of quaternary nitrogens is 1. The number of carbonyl (C=O) groups is 1. The zero-order chi connectivity index (χ0) is 8.70. The SMILES string of the molecule is CCC(=O)C1([NH3+])CC(F)(F)C1.[Cl-]. The molecule has 72 valence electrons. The minimum atomic E-state index is -2.65. The van der Waals surface area contributed by atoms with Crippen LogP contribution in [0.2, 0.25) is 0 Å². The van der Waals surface area contributed by atoms with Gasteiger partial charge in [0.05, 0.1) is 12.8 Å². The largest absolute Gasteiger partial charge is 1.00 e. The average Bonchev–Trinajstić information content (AvgIpc) is 1.81. The predicted octanol–water partition coefficient (Wildman–Crippen LogP) is -2.62. The number of hydrogen-bond donors (Lipinski definition) is 1. The van der Waals surface area contributed by atoms with Gasteiger partial charge >= 0.3 is 0 Å². The molecule has 0 heterocycles. The van der Waals surface area contributed by atoms with Gasteiger partial charge in [0, 0.05) is 6.42 Å². The molecule has 0 spiro atoms. The third kappa shape index (κ3) is 1.93. The van der Waals surface area contributed by atoms with Crippen molar-refractivity contribution in [3.63, 3.8) is 0 Å². The highest BCUT2D eigenvalue weighted by Gasteiger charge is 2.61. The van der Waals surface area contributed by atoms with Crippen molar-refractivity contribution in [1.82, 2.24) is 0 Å². The van der Waals surface area contributed by atoms with Crippen LogP contribution in [0.1, 0.15) is 26.2 Å². The van der Waals surface area contributed by atoms with E-state index in [4.69, 9.17) is 0 Å². The molecule has 0 aliphatic heterocycles. The molecular weight excluding hydrogens is 188 g/mol. The van der Waals surface area contributed by atoms with Crippen LogP contribution >= 0.6 is 0 Å². The van der Waals surface area contributed by atoms with Crippen molar-refractivity contribution >= 4 is 5.78 Å². The fraction of sp³-hybridized carbons (Fsp3) is 0.857. The minimum Gasteiger partial charge on any atom is -1.00 e. The number of alkyl halides is 2. The number of ketones is 1. The van der Waals surface area contributed by atoms with E-state index in [0.29, 0.717) is 6.42 Å². The van der Waals surface area contributed by atoms with E-state index in [1.807, 2.05) is 0 Å². The highest BCUT2D eigenvalue weighted by Crippen LogP contribution is 2.43. The third-order valence-corrected chi connectivity index (χ3v) is 2.11. The van der Waals surface area contributed by atoms with E-state index in [0.717, 1.165) is 0 Å². The number of carbonyl (C=O) groups excluding carboxylic acids is 1. The summed E-state index contributed by atoms with van der Waals surface area (Å²) >= 11 is 0. The van der Waals surface area contributed by atoms with Crippen LogP contribution in [0.5, 0.6) is 0 Å². The van der Waals surface area contributed by atoms with Gasteiger partial charge in [-0.1, -0.05) is 6.92 Å². The molecule has 1 rings (SSSR count). The van der Waals surface area contributed by atoms with Gasteiger partial charge < -0.3 is 18.1 Å².